The van der Waals surface area contributed by atoms with Crippen LogP contribution in [0.4, 0.5) is 14.6 Å². The second kappa shape index (κ2) is 10.1. The maximum atomic E-state index is 14.1. The molecule has 37 heavy (non-hydrogen) atoms. The molecule has 2 aromatic heterocycles. The van der Waals surface area contributed by atoms with Crippen LogP contribution in [0.3, 0.4) is 0 Å². The fourth-order valence-electron chi connectivity index (χ4n) is 4.67. The van der Waals surface area contributed by atoms with Crippen LogP contribution in [-0.2, 0) is 17.8 Å². The highest BCUT2D eigenvalue weighted by Crippen LogP contribution is 2.33. The molecule has 4 heterocycles. The molecule has 1 unspecified atom stereocenters. The molecule has 0 bridgehead atoms. The van der Waals surface area contributed by atoms with E-state index < -0.39 is 17.7 Å². The highest BCUT2D eigenvalue weighted by Gasteiger charge is 2.29. The van der Waals surface area contributed by atoms with E-state index in [1.54, 1.807) is 35.8 Å². The first kappa shape index (κ1) is 24.6. The second-order valence-corrected chi connectivity index (χ2v) is 9.37. The number of nitriles is 1. The van der Waals surface area contributed by atoms with Crippen molar-refractivity contribution in [3.05, 3.63) is 53.6 Å². The first-order valence-corrected chi connectivity index (χ1v) is 12.3. The highest BCUT2D eigenvalue weighted by molar-refractivity contribution is 5.74. The molecule has 1 aromatic carbocycles. The van der Waals surface area contributed by atoms with Gasteiger partial charge in [0.2, 0.25) is 5.91 Å². The molecule has 0 aliphatic carbocycles. The molecule has 5 rings (SSSR count). The summed E-state index contributed by atoms with van der Waals surface area (Å²) in [6.07, 6.45) is 5.10. The molecule has 0 spiro atoms. The van der Waals surface area contributed by atoms with Crippen molar-refractivity contribution in [1.29, 1.82) is 5.26 Å². The van der Waals surface area contributed by atoms with Gasteiger partial charge in [-0.25, -0.2) is 18.7 Å². The third kappa shape index (κ3) is 5.09. The number of halogens is 2. The lowest BCUT2D eigenvalue weighted by Gasteiger charge is -2.35. The largest absolute Gasteiger partial charge is 0.487 e. The summed E-state index contributed by atoms with van der Waals surface area (Å²) in [5.74, 6) is -0.604. The average molecular weight is 508 g/mol. The number of fused-ring (bicyclic) bond motifs is 1. The second-order valence-electron chi connectivity index (χ2n) is 9.37. The summed E-state index contributed by atoms with van der Waals surface area (Å²) in [7, 11) is 0. The molecule has 192 valence electrons. The number of nitrogens with zero attached hydrogens (tertiary/aromatic N) is 7. The van der Waals surface area contributed by atoms with Crippen molar-refractivity contribution in [2.75, 3.05) is 24.5 Å². The first-order chi connectivity index (χ1) is 17.8. The van der Waals surface area contributed by atoms with Crippen LogP contribution in [-0.4, -0.2) is 56.3 Å². The van der Waals surface area contributed by atoms with Crippen molar-refractivity contribution < 1.29 is 18.3 Å². The Morgan fingerprint density at radius 2 is 1.97 bits per heavy atom. The smallest absolute Gasteiger partial charge is 0.219 e. The molecule has 3 aromatic rings. The standard InChI is InChI=1S/C26H27F2N7O2/c1-16(12-29)35-14-18(13-30-35)25-26(32-22-7-10-34(17(2)36)15-23(22)31-25)33-8-5-20(6-9-33)37-24-4-3-19(27)11-21(24)28/h3-4,11,13-14,16,20H,5-10,15H2,1-2H3. The number of ether oxygens (including phenoxy) is 1. The molecular formula is C26H27F2N7O2. The number of carbonyl (C=O) groups is 1. The van der Waals surface area contributed by atoms with Gasteiger partial charge >= 0.3 is 0 Å². The predicted octanol–water partition coefficient (Wildman–Crippen LogP) is 3.66. The maximum absolute atomic E-state index is 14.1. The predicted molar refractivity (Wildman–Crippen MR) is 131 cm³/mol. The Hall–Kier alpha value is -4.07. The summed E-state index contributed by atoms with van der Waals surface area (Å²) in [4.78, 5) is 25.8. The maximum Gasteiger partial charge on any atom is 0.219 e. The third-order valence-corrected chi connectivity index (χ3v) is 6.82. The molecule has 1 fully saturated rings. The van der Waals surface area contributed by atoms with Crippen molar-refractivity contribution in [3.8, 4) is 23.1 Å². The monoisotopic (exact) mass is 507 g/mol. The Morgan fingerprint density at radius 3 is 2.68 bits per heavy atom. The number of rotatable bonds is 5. The van der Waals surface area contributed by atoms with Crippen LogP contribution >= 0.6 is 0 Å². The molecule has 1 atom stereocenters. The molecule has 1 amide bonds. The van der Waals surface area contributed by atoms with Gasteiger partial charge in [0.25, 0.3) is 0 Å². The van der Waals surface area contributed by atoms with Crippen LogP contribution in [0.25, 0.3) is 11.3 Å². The minimum Gasteiger partial charge on any atom is -0.487 e. The van der Waals surface area contributed by atoms with Gasteiger partial charge in [0.15, 0.2) is 17.4 Å². The van der Waals surface area contributed by atoms with Crippen molar-refractivity contribution in [2.24, 2.45) is 0 Å². The van der Waals surface area contributed by atoms with E-state index in [4.69, 9.17) is 14.7 Å². The van der Waals surface area contributed by atoms with Gasteiger partial charge in [-0.1, -0.05) is 0 Å². The fourth-order valence-corrected chi connectivity index (χ4v) is 4.67. The van der Waals surface area contributed by atoms with Crippen molar-refractivity contribution >= 4 is 11.7 Å². The van der Waals surface area contributed by atoms with E-state index >= 15 is 0 Å². The van der Waals surface area contributed by atoms with Crippen LogP contribution < -0.4 is 9.64 Å². The Morgan fingerprint density at radius 1 is 1.19 bits per heavy atom. The van der Waals surface area contributed by atoms with Gasteiger partial charge in [-0.3, -0.25) is 9.48 Å². The minimum absolute atomic E-state index is 0.00611. The molecule has 2 aliphatic heterocycles. The van der Waals surface area contributed by atoms with E-state index in [0.717, 1.165) is 23.0 Å². The van der Waals surface area contributed by atoms with Gasteiger partial charge in [0, 0.05) is 63.6 Å². The lowest BCUT2D eigenvalue weighted by Crippen LogP contribution is -2.40. The quantitative estimate of drug-likeness (QED) is 0.520. The van der Waals surface area contributed by atoms with Gasteiger partial charge < -0.3 is 14.5 Å². The Balaban J connectivity index is 1.41. The SMILES string of the molecule is CC(=O)N1CCc2nc(N3CCC(Oc4ccc(F)cc4F)CC3)c(-c3cnn(C(C)C#N)c3)nc2C1. The zero-order valence-corrected chi connectivity index (χ0v) is 20.7. The molecule has 0 saturated carbocycles. The van der Waals surface area contributed by atoms with Gasteiger partial charge in [0.05, 0.1) is 30.2 Å². The van der Waals surface area contributed by atoms with Crippen LogP contribution in [0.15, 0.2) is 30.6 Å². The summed E-state index contributed by atoms with van der Waals surface area (Å²) >= 11 is 0. The number of piperidine rings is 1. The zero-order chi connectivity index (χ0) is 26.1. The topological polar surface area (TPSA) is 100 Å². The molecule has 9 nitrogen and oxygen atoms in total. The zero-order valence-electron chi connectivity index (χ0n) is 20.7. The third-order valence-electron chi connectivity index (χ3n) is 6.82. The van der Waals surface area contributed by atoms with Crippen molar-refractivity contribution in [1.82, 2.24) is 24.6 Å². The number of amides is 1. The molecular weight excluding hydrogens is 480 g/mol. The van der Waals surface area contributed by atoms with E-state index in [1.165, 1.54) is 12.1 Å². The molecule has 2 aliphatic rings. The van der Waals surface area contributed by atoms with Crippen molar-refractivity contribution in [2.45, 2.75) is 51.8 Å². The molecule has 1 saturated heterocycles. The van der Waals surface area contributed by atoms with E-state index in [1.807, 2.05) is 0 Å². The number of aromatic nitrogens is 4. The van der Waals surface area contributed by atoms with Gasteiger partial charge in [0.1, 0.15) is 23.7 Å². The number of anilines is 1. The van der Waals surface area contributed by atoms with E-state index in [-0.39, 0.29) is 17.8 Å². The number of hydrogen-bond donors (Lipinski definition) is 0. The fraction of sp³-hybridized carbons (Fsp3) is 0.423. The summed E-state index contributed by atoms with van der Waals surface area (Å²) in [6.45, 7) is 5.51. The lowest BCUT2D eigenvalue weighted by atomic mass is 10.1. The Bertz CT molecular complexity index is 1360. The van der Waals surface area contributed by atoms with Crippen molar-refractivity contribution in [3.63, 3.8) is 0 Å². The van der Waals surface area contributed by atoms with E-state index in [2.05, 4.69) is 16.1 Å². The Labute approximate surface area is 213 Å². The van der Waals surface area contributed by atoms with E-state index in [0.29, 0.717) is 57.0 Å². The van der Waals surface area contributed by atoms with E-state index in [9.17, 15) is 18.8 Å². The normalized spacial score (nSPS) is 16.7. The highest BCUT2D eigenvalue weighted by atomic mass is 19.1. The Kier molecular flexibility index (Phi) is 6.74. The average Bonchev–Trinajstić information content (AvgIpc) is 3.39. The summed E-state index contributed by atoms with van der Waals surface area (Å²) in [6, 6.07) is 5.05. The summed E-state index contributed by atoms with van der Waals surface area (Å²) in [5, 5.41) is 13.6. The summed E-state index contributed by atoms with van der Waals surface area (Å²) in [5.41, 5.74) is 3.00. The van der Waals surface area contributed by atoms with Crippen LogP contribution in [0.1, 0.15) is 44.1 Å². The summed E-state index contributed by atoms with van der Waals surface area (Å²) < 4.78 is 34.7. The van der Waals surface area contributed by atoms with Gasteiger partial charge in [-0.15, -0.1) is 0 Å². The van der Waals surface area contributed by atoms with Crippen LogP contribution in [0.2, 0.25) is 0 Å². The number of benzene rings is 1. The number of hydrogen-bond acceptors (Lipinski definition) is 7. The first-order valence-electron chi connectivity index (χ1n) is 12.3. The molecule has 0 radical (unpaired) electrons. The lowest BCUT2D eigenvalue weighted by molar-refractivity contribution is -0.129. The van der Waals surface area contributed by atoms with Crippen LogP contribution in [0, 0.1) is 23.0 Å². The van der Waals surface area contributed by atoms with Gasteiger partial charge in [-0.05, 0) is 19.1 Å². The minimum atomic E-state index is -0.714. The number of carbonyl (C=O) groups excluding carboxylic acids is 1. The molecule has 0 N–H and O–H groups in total. The molecule has 11 heteroatoms. The van der Waals surface area contributed by atoms with Crippen LogP contribution in [0.5, 0.6) is 5.75 Å². The van der Waals surface area contributed by atoms with Gasteiger partial charge in [-0.2, -0.15) is 10.4 Å².